The van der Waals surface area contributed by atoms with E-state index in [1.54, 1.807) is 12.1 Å². The largest absolute Gasteiger partial charge is 0.314 e. The number of amides is 2. The van der Waals surface area contributed by atoms with E-state index in [4.69, 9.17) is 0 Å². The van der Waals surface area contributed by atoms with Crippen molar-refractivity contribution in [2.75, 3.05) is 39.3 Å². The highest BCUT2D eigenvalue weighted by Crippen LogP contribution is 2.39. The predicted molar refractivity (Wildman–Crippen MR) is 108 cm³/mol. The molecule has 2 aromatic rings. The first-order valence-corrected chi connectivity index (χ1v) is 9.97. The van der Waals surface area contributed by atoms with Crippen LogP contribution in [-0.2, 0) is 0 Å². The molecule has 146 valence electrons. The molecule has 0 aliphatic carbocycles. The Hall–Kier alpha value is -2.36. The molecule has 0 atom stereocenters. The van der Waals surface area contributed by atoms with E-state index in [1.165, 1.54) is 17.0 Å². The van der Waals surface area contributed by atoms with Gasteiger partial charge in [-0.15, -0.1) is 0 Å². The monoisotopic (exact) mass is 446 g/mol. The van der Waals surface area contributed by atoms with E-state index in [1.807, 2.05) is 0 Å². The molecule has 0 radical (unpaired) electrons. The fraction of sp³-hybridized carbons (Fsp3) is 0.368. The Morgan fingerprint density at radius 2 is 1.64 bits per heavy atom. The second kappa shape index (κ2) is 7.57. The first kappa shape index (κ1) is 19.0. The van der Waals surface area contributed by atoms with Gasteiger partial charge in [0.2, 0.25) is 0 Å². The summed E-state index contributed by atoms with van der Waals surface area (Å²) in [7, 11) is 0. The summed E-state index contributed by atoms with van der Waals surface area (Å²) in [5, 5.41) is 15.4. The number of rotatable bonds is 5. The van der Waals surface area contributed by atoms with Crippen LogP contribution in [0.15, 0.2) is 28.7 Å². The molecule has 1 fully saturated rings. The first-order valence-electron chi connectivity index (χ1n) is 9.18. The molecule has 2 heterocycles. The summed E-state index contributed by atoms with van der Waals surface area (Å²) in [6, 6.07) is 6.03. The zero-order valence-electron chi connectivity index (χ0n) is 15.1. The minimum Gasteiger partial charge on any atom is -0.314 e. The van der Waals surface area contributed by atoms with E-state index in [9.17, 15) is 19.7 Å². The molecule has 0 spiro atoms. The SMILES string of the molecule is O=C1c2ccc(Br)c3c([N+](=O)[O-])ccc(c23)C(=O)N1CCCN1CCNCC1. The number of nitrogens with one attached hydrogen (secondary N) is 1. The van der Waals surface area contributed by atoms with Crippen LogP contribution in [0.1, 0.15) is 27.1 Å². The lowest BCUT2D eigenvalue weighted by Crippen LogP contribution is -2.45. The van der Waals surface area contributed by atoms with Gasteiger partial charge in [-0.2, -0.15) is 0 Å². The molecule has 9 heteroatoms. The smallest absolute Gasteiger partial charge is 0.278 e. The summed E-state index contributed by atoms with van der Waals surface area (Å²) in [4.78, 5) is 40.5. The molecule has 2 amide bonds. The molecule has 0 aromatic heterocycles. The molecule has 0 unspecified atom stereocenters. The summed E-state index contributed by atoms with van der Waals surface area (Å²) in [5.74, 6) is -0.786. The van der Waals surface area contributed by atoms with Crippen molar-refractivity contribution >= 4 is 44.2 Å². The highest BCUT2D eigenvalue weighted by Gasteiger charge is 2.35. The van der Waals surface area contributed by atoms with E-state index in [0.29, 0.717) is 39.3 Å². The lowest BCUT2D eigenvalue weighted by Gasteiger charge is -2.30. The second-order valence-electron chi connectivity index (χ2n) is 6.94. The number of nitro benzene ring substituents is 1. The molecule has 28 heavy (non-hydrogen) atoms. The standard InChI is InChI=1S/C19H19BrN4O4/c20-14-4-2-12-16-13(3-5-15(17(14)16)24(27)28)19(26)23(18(12)25)9-1-8-22-10-6-21-7-11-22/h2-5,21H,1,6-11H2. The maximum atomic E-state index is 13.0. The number of hydrogen-bond donors (Lipinski definition) is 1. The molecule has 2 aromatic carbocycles. The number of benzene rings is 2. The Kier molecular flexibility index (Phi) is 5.13. The van der Waals surface area contributed by atoms with E-state index in [-0.39, 0.29) is 5.69 Å². The van der Waals surface area contributed by atoms with E-state index in [0.717, 1.165) is 32.7 Å². The van der Waals surface area contributed by atoms with Gasteiger partial charge >= 0.3 is 0 Å². The van der Waals surface area contributed by atoms with Crippen LogP contribution < -0.4 is 5.32 Å². The van der Waals surface area contributed by atoms with Gasteiger partial charge in [-0.25, -0.2) is 0 Å². The van der Waals surface area contributed by atoms with Gasteiger partial charge in [0.05, 0.1) is 10.3 Å². The van der Waals surface area contributed by atoms with Gasteiger partial charge in [0.25, 0.3) is 17.5 Å². The number of carbonyl (C=O) groups excluding carboxylic acids is 2. The van der Waals surface area contributed by atoms with Crippen LogP contribution in [0.5, 0.6) is 0 Å². The summed E-state index contributed by atoms with van der Waals surface area (Å²) >= 11 is 3.33. The third-order valence-electron chi connectivity index (χ3n) is 5.30. The number of non-ortho nitro benzene ring substituents is 1. The third-order valence-corrected chi connectivity index (χ3v) is 5.96. The van der Waals surface area contributed by atoms with Gasteiger partial charge in [0, 0.05) is 59.8 Å². The highest BCUT2D eigenvalue weighted by atomic mass is 79.9. The Balaban J connectivity index is 1.64. The lowest BCUT2D eigenvalue weighted by atomic mass is 9.93. The molecule has 4 rings (SSSR count). The summed E-state index contributed by atoms with van der Waals surface area (Å²) in [5.41, 5.74) is 0.539. The van der Waals surface area contributed by atoms with Gasteiger partial charge in [-0.05, 0) is 47.1 Å². The van der Waals surface area contributed by atoms with Crippen molar-refractivity contribution in [3.05, 3.63) is 50.0 Å². The van der Waals surface area contributed by atoms with Gasteiger partial charge in [0.1, 0.15) is 0 Å². The number of nitrogens with zero attached hydrogens (tertiary/aromatic N) is 3. The molecule has 0 bridgehead atoms. The lowest BCUT2D eigenvalue weighted by molar-refractivity contribution is -0.383. The van der Waals surface area contributed by atoms with Crippen LogP contribution in [0.4, 0.5) is 5.69 Å². The van der Waals surface area contributed by atoms with Gasteiger partial charge in [0.15, 0.2) is 0 Å². The van der Waals surface area contributed by atoms with Crippen LogP contribution in [0.25, 0.3) is 10.8 Å². The van der Waals surface area contributed by atoms with E-state index in [2.05, 4.69) is 26.1 Å². The van der Waals surface area contributed by atoms with Crippen molar-refractivity contribution in [1.29, 1.82) is 0 Å². The van der Waals surface area contributed by atoms with Gasteiger partial charge in [-0.3, -0.25) is 24.6 Å². The Bertz CT molecular complexity index is 965. The van der Waals surface area contributed by atoms with Crippen LogP contribution in [0.3, 0.4) is 0 Å². The average Bonchev–Trinajstić information content (AvgIpc) is 2.70. The maximum absolute atomic E-state index is 13.0. The fourth-order valence-corrected chi connectivity index (χ4v) is 4.45. The third kappa shape index (κ3) is 3.19. The zero-order valence-corrected chi connectivity index (χ0v) is 16.7. The molecule has 1 N–H and O–H groups in total. The number of imide groups is 1. The quantitative estimate of drug-likeness (QED) is 0.430. The van der Waals surface area contributed by atoms with E-state index < -0.39 is 16.7 Å². The van der Waals surface area contributed by atoms with Crippen LogP contribution >= 0.6 is 15.9 Å². The molecule has 0 saturated carbocycles. The van der Waals surface area contributed by atoms with Crippen molar-refractivity contribution < 1.29 is 14.5 Å². The molecule has 2 aliphatic rings. The minimum absolute atomic E-state index is 0.125. The van der Waals surface area contributed by atoms with E-state index >= 15 is 0 Å². The second-order valence-corrected chi connectivity index (χ2v) is 7.80. The Morgan fingerprint density at radius 1 is 1.00 bits per heavy atom. The zero-order chi connectivity index (χ0) is 19.8. The molecule has 8 nitrogen and oxygen atoms in total. The van der Waals surface area contributed by atoms with Crippen molar-refractivity contribution in [2.45, 2.75) is 6.42 Å². The van der Waals surface area contributed by atoms with Crippen molar-refractivity contribution in [2.24, 2.45) is 0 Å². The fourth-order valence-electron chi connectivity index (χ4n) is 3.92. The molecular weight excluding hydrogens is 428 g/mol. The number of piperazine rings is 1. The predicted octanol–water partition coefficient (Wildman–Crippen LogP) is 2.40. The number of halogens is 1. The van der Waals surface area contributed by atoms with Crippen molar-refractivity contribution in [3.63, 3.8) is 0 Å². The average molecular weight is 447 g/mol. The number of carbonyl (C=O) groups is 2. The molecular formula is C19H19BrN4O4. The summed E-state index contributed by atoms with van der Waals surface area (Å²) < 4.78 is 0.493. The van der Waals surface area contributed by atoms with Gasteiger partial charge < -0.3 is 10.2 Å². The van der Waals surface area contributed by atoms with Crippen LogP contribution in [0, 0.1) is 10.1 Å². The molecule has 1 saturated heterocycles. The van der Waals surface area contributed by atoms with Crippen LogP contribution in [-0.4, -0.2) is 65.8 Å². The number of nitro groups is 1. The Morgan fingerprint density at radius 3 is 2.29 bits per heavy atom. The Labute approximate surface area is 169 Å². The summed E-state index contributed by atoms with van der Waals surface area (Å²) in [6.07, 6.45) is 0.694. The maximum Gasteiger partial charge on any atom is 0.278 e. The topological polar surface area (TPSA) is 95.8 Å². The molecule has 2 aliphatic heterocycles. The van der Waals surface area contributed by atoms with Crippen molar-refractivity contribution in [1.82, 2.24) is 15.1 Å². The van der Waals surface area contributed by atoms with Crippen LogP contribution in [0.2, 0.25) is 0 Å². The van der Waals surface area contributed by atoms with Crippen molar-refractivity contribution in [3.8, 4) is 0 Å². The number of hydrogen-bond acceptors (Lipinski definition) is 6. The minimum atomic E-state index is -0.498. The first-order chi connectivity index (χ1) is 13.5. The van der Waals surface area contributed by atoms with Gasteiger partial charge in [-0.1, -0.05) is 0 Å². The summed E-state index contributed by atoms with van der Waals surface area (Å²) in [6.45, 7) is 4.97. The highest BCUT2D eigenvalue weighted by molar-refractivity contribution is 9.10. The normalized spacial score (nSPS) is 17.4.